The fourth-order valence-electron chi connectivity index (χ4n) is 3.09. The van der Waals surface area contributed by atoms with Crippen LogP contribution in [0.1, 0.15) is 24.3 Å². The van der Waals surface area contributed by atoms with Gasteiger partial charge in [-0.15, -0.1) is 0 Å². The molecule has 1 saturated heterocycles. The van der Waals surface area contributed by atoms with Crippen molar-refractivity contribution in [2.24, 2.45) is 7.05 Å². The van der Waals surface area contributed by atoms with Crippen molar-refractivity contribution >= 4 is 5.91 Å². The first-order chi connectivity index (χ1) is 11.4. The van der Waals surface area contributed by atoms with Crippen LogP contribution in [0.3, 0.4) is 0 Å². The predicted molar refractivity (Wildman–Crippen MR) is 92.2 cm³/mol. The maximum Gasteiger partial charge on any atom is 0.270 e. The van der Waals surface area contributed by atoms with Crippen molar-refractivity contribution in [1.82, 2.24) is 9.47 Å². The van der Waals surface area contributed by atoms with Gasteiger partial charge >= 0.3 is 0 Å². The Morgan fingerprint density at radius 1 is 1.25 bits per heavy atom. The second-order valence-electron chi connectivity index (χ2n) is 6.81. The third-order valence-corrected chi connectivity index (χ3v) is 4.11. The van der Waals surface area contributed by atoms with Crippen LogP contribution in [0.2, 0.25) is 0 Å². The molecule has 1 amide bonds. The number of ether oxygens (including phenoxy) is 2. The highest BCUT2D eigenvalue weighted by Crippen LogP contribution is 2.23. The van der Waals surface area contributed by atoms with Gasteiger partial charge in [0.25, 0.3) is 5.91 Å². The van der Waals surface area contributed by atoms with E-state index >= 15 is 0 Å². The number of rotatable bonds is 4. The fourth-order valence-corrected chi connectivity index (χ4v) is 3.09. The number of carbonyl (C=O) groups is 1. The molecule has 24 heavy (non-hydrogen) atoms. The van der Waals surface area contributed by atoms with Gasteiger partial charge in [-0.25, -0.2) is 0 Å². The van der Waals surface area contributed by atoms with Crippen LogP contribution in [-0.2, 0) is 11.8 Å². The summed E-state index contributed by atoms with van der Waals surface area (Å²) in [4.78, 5) is 14.7. The highest BCUT2D eigenvalue weighted by Gasteiger charge is 2.36. The summed E-state index contributed by atoms with van der Waals surface area (Å²) in [5.41, 5.74) is 0.291. The second-order valence-corrected chi connectivity index (χ2v) is 6.81. The monoisotopic (exact) mass is 328 g/mol. The molecule has 5 heteroatoms. The molecule has 1 aliphatic rings. The molecule has 0 saturated carbocycles. The van der Waals surface area contributed by atoms with Crippen LogP contribution in [0.25, 0.3) is 0 Å². The van der Waals surface area contributed by atoms with Crippen molar-refractivity contribution in [2.45, 2.75) is 25.6 Å². The summed E-state index contributed by atoms with van der Waals surface area (Å²) >= 11 is 0. The van der Waals surface area contributed by atoms with E-state index < -0.39 is 5.60 Å². The molecule has 128 valence electrons. The van der Waals surface area contributed by atoms with Crippen molar-refractivity contribution < 1.29 is 14.3 Å². The Balaban J connectivity index is 1.68. The first kappa shape index (κ1) is 16.6. The van der Waals surface area contributed by atoms with Crippen molar-refractivity contribution in [2.75, 3.05) is 19.7 Å². The maximum absolute atomic E-state index is 12.8. The van der Waals surface area contributed by atoms with Crippen LogP contribution < -0.4 is 4.74 Å². The van der Waals surface area contributed by atoms with Crippen LogP contribution in [0, 0.1) is 0 Å². The van der Waals surface area contributed by atoms with Crippen molar-refractivity contribution in [3.05, 3.63) is 54.4 Å². The van der Waals surface area contributed by atoms with Gasteiger partial charge in [0.2, 0.25) is 0 Å². The average molecular weight is 328 g/mol. The van der Waals surface area contributed by atoms with Crippen LogP contribution >= 0.6 is 0 Å². The molecule has 0 spiro atoms. The molecule has 1 aromatic carbocycles. The lowest BCUT2D eigenvalue weighted by Gasteiger charge is -2.42. The molecular weight excluding hydrogens is 304 g/mol. The van der Waals surface area contributed by atoms with Gasteiger partial charge in [-0.1, -0.05) is 18.2 Å². The number of hydrogen-bond donors (Lipinski definition) is 0. The van der Waals surface area contributed by atoms with E-state index in [-0.39, 0.29) is 12.0 Å². The van der Waals surface area contributed by atoms with E-state index in [1.54, 1.807) is 0 Å². The molecule has 1 aliphatic heterocycles. The Morgan fingerprint density at radius 3 is 2.67 bits per heavy atom. The number of nitrogens with zero attached hydrogens (tertiary/aromatic N) is 2. The summed E-state index contributed by atoms with van der Waals surface area (Å²) in [6, 6.07) is 13.4. The lowest BCUT2D eigenvalue weighted by atomic mass is 10.0. The summed E-state index contributed by atoms with van der Waals surface area (Å²) in [6.45, 7) is 5.53. The number of para-hydroxylation sites is 1. The summed E-state index contributed by atoms with van der Waals surface area (Å²) in [6.07, 6.45) is 1.73. The minimum atomic E-state index is -0.399. The van der Waals surface area contributed by atoms with Gasteiger partial charge < -0.3 is 18.9 Å². The van der Waals surface area contributed by atoms with Gasteiger partial charge in [0.1, 0.15) is 24.2 Å². The number of carbonyl (C=O) groups excluding carboxylic acids is 1. The Kier molecular flexibility index (Phi) is 4.62. The lowest BCUT2D eigenvalue weighted by Crippen LogP contribution is -2.56. The maximum atomic E-state index is 12.8. The van der Waals surface area contributed by atoms with Gasteiger partial charge in [-0.2, -0.15) is 0 Å². The number of morpholine rings is 1. The van der Waals surface area contributed by atoms with Gasteiger partial charge in [-0.3, -0.25) is 4.79 Å². The van der Waals surface area contributed by atoms with Crippen LogP contribution in [0.15, 0.2) is 48.7 Å². The third kappa shape index (κ3) is 3.79. The van der Waals surface area contributed by atoms with Gasteiger partial charge in [0.15, 0.2) is 0 Å². The molecule has 2 heterocycles. The minimum absolute atomic E-state index is 0.0311. The SMILES string of the molecule is Cn1cccc1C(=O)N1C[C@H](COc2ccccc2)OC(C)(C)C1. The summed E-state index contributed by atoms with van der Waals surface area (Å²) in [5, 5.41) is 0. The van der Waals surface area contributed by atoms with E-state index in [4.69, 9.17) is 9.47 Å². The molecular formula is C19H24N2O3. The Bertz CT molecular complexity index is 694. The lowest BCUT2D eigenvalue weighted by molar-refractivity contribution is -0.136. The average Bonchev–Trinajstić information content (AvgIpc) is 2.98. The fraction of sp³-hybridized carbons (Fsp3) is 0.421. The zero-order chi connectivity index (χ0) is 17.2. The molecule has 5 nitrogen and oxygen atoms in total. The summed E-state index contributed by atoms with van der Waals surface area (Å²) in [5.74, 6) is 0.841. The molecule has 1 fully saturated rings. The summed E-state index contributed by atoms with van der Waals surface area (Å²) < 4.78 is 13.8. The molecule has 3 rings (SSSR count). The van der Waals surface area contributed by atoms with E-state index in [9.17, 15) is 4.79 Å². The molecule has 0 N–H and O–H groups in total. The van der Waals surface area contributed by atoms with E-state index in [1.165, 1.54) is 0 Å². The van der Waals surface area contributed by atoms with Crippen LogP contribution in [-0.4, -0.2) is 46.8 Å². The Morgan fingerprint density at radius 2 is 2.00 bits per heavy atom. The number of aromatic nitrogens is 1. The first-order valence-electron chi connectivity index (χ1n) is 8.21. The smallest absolute Gasteiger partial charge is 0.270 e. The van der Waals surface area contributed by atoms with E-state index in [0.717, 1.165) is 5.75 Å². The standard InChI is InChI=1S/C19H24N2O3/c1-19(2)14-21(18(22)17-10-7-11-20(17)3)12-16(24-19)13-23-15-8-5-4-6-9-15/h4-11,16H,12-14H2,1-3H3/t16-/m1/s1. The van der Waals surface area contributed by atoms with E-state index in [0.29, 0.717) is 25.4 Å². The Hall–Kier alpha value is -2.27. The zero-order valence-electron chi connectivity index (χ0n) is 14.4. The molecule has 2 aromatic rings. The normalized spacial score (nSPS) is 20.0. The minimum Gasteiger partial charge on any atom is -0.491 e. The quantitative estimate of drug-likeness (QED) is 0.867. The molecule has 0 aliphatic carbocycles. The third-order valence-electron chi connectivity index (χ3n) is 4.11. The van der Waals surface area contributed by atoms with E-state index in [1.807, 2.05) is 79.0 Å². The largest absolute Gasteiger partial charge is 0.491 e. The second kappa shape index (κ2) is 6.69. The predicted octanol–water partition coefficient (Wildman–Crippen LogP) is 2.72. The number of amides is 1. The van der Waals surface area contributed by atoms with Gasteiger partial charge in [0, 0.05) is 19.8 Å². The van der Waals surface area contributed by atoms with Crippen LogP contribution in [0.4, 0.5) is 0 Å². The number of benzene rings is 1. The molecule has 0 bridgehead atoms. The first-order valence-corrected chi connectivity index (χ1v) is 8.21. The number of hydrogen-bond acceptors (Lipinski definition) is 3. The number of aryl methyl sites for hydroxylation is 1. The molecule has 0 radical (unpaired) electrons. The molecule has 1 atom stereocenters. The van der Waals surface area contributed by atoms with Crippen molar-refractivity contribution in [1.29, 1.82) is 0 Å². The van der Waals surface area contributed by atoms with Gasteiger partial charge in [0.05, 0.1) is 12.1 Å². The van der Waals surface area contributed by atoms with Crippen LogP contribution in [0.5, 0.6) is 5.75 Å². The molecule has 0 unspecified atom stereocenters. The zero-order valence-corrected chi connectivity index (χ0v) is 14.4. The van der Waals surface area contributed by atoms with E-state index in [2.05, 4.69) is 0 Å². The van der Waals surface area contributed by atoms with Gasteiger partial charge in [-0.05, 0) is 38.1 Å². The Labute approximate surface area is 142 Å². The van der Waals surface area contributed by atoms with Crippen molar-refractivity contribution in [3.8, 4) is 5.75 Å². The topological polar surface area (TPSA) is 43.7 Å². The highest BCUT2D eigenvalue weighted by atomic mass is 16.5. The summed E-state index contributed by atoms with van der Waals surface area (Å²) in [7, 11) is 1.88. The molecule has 1 aromatic heterocycles. The van der Waals surface area contributed by atoms with Crippen molar-refractivity contribution in [3.63, 3.8) is 0 Å². The highest BCUT2D eigenvalue weighted by molar-refractivity contribution is 5.92.